The van der Waals surface area contributed by atoms with Gasteiger partial charge in [0.15, 0.2) is 5.65 Å². The van der Waals surface area contributed by atoms with Gasteiger partial charge in [0, 0.05) is 199 Å². The van der Waals surface area contributed by atoms with E-state index in [1.165, 1.54) is 259 Å². The summed E-state index contributed by atoms with van der Waals surface area (Å²) in [5, 5.41) is 11.0. The molecule has 0 bridgehead atoms. The first-order valence-corrected chi connectivity index (χ1v) is 44.6. The normalized spacial score (nSPS) is 22.7. The second-order valence-electron chi connectivity index (χ2n) is 36.2. The summed E-state index contributed by atoms with van der Waals surface area (Å²) in [6.45, 7) is 4.00. The fourth-order valence-corrected chi connectivity index (χ4v) is 26.8. The van der Waals surface area contributed by atoms with Gasteiger partial charge in [0.25, 0.3) is 0 Å². The van der Waals surface area contributed by atoms with E-state index in [-0.39, 0.29) is 193 Å². The minimum atomic E-state index is 0. The Kier molecular flexibility index (Phi) is 23.9. The van der Waals surface area contributed by atoms with Gasteiger partial charge in [-0.1, -0.05) is 224 Å². The van der Waals surface area contributed by atoms with E-state index in [1.807, 2.05) is 44.2 Å². The molecule has 14 heteroatoms. The Balaban J connectivity index is 0.000000102. The molecule has 6 saturated carbocycles. The van der Waals surface area contributed by atoms with Crippen molar-refractivity contribution < 1.29 is 211 Å². The average molecular weight is 2350 g/mol. The van der Waals surface area contributed by atoms with Gasteiger partial charge >= 0.3 is 62.2 Å². The van der Waals surface area contributed by atoms with Crippen LogP contribution in [0.15, 0.2) is 249 Å². The van der Waals surface area contributed by atoms with Gasteiger partial charge in [0.2, 0.25) is 11.5 Å². The average Bonchev–Trinajstić information content (AvgIpc) is 1.53. The topological polar surface area (TPSA) is 35.2 Å². The molecule has 590 valence electrons. The largest absolute Gasteiger partial charge is 2.00 e. The fourth-order valence-electron chi connectivity index (χ4n) is 26.8. The minimum absolute atomic E-state index is 0. The van der Waals surface area contributed by atoms with E-state index in [0.29, 0.717) is 23.8 Å². The molecule has 11 atom stereocenters. The van der Waals surface area contributed by atoms with Crippen LogP contribution in [-0.4, -0.2) is 18.3 Å². The predicted molar refractivity (Wildman–Crippen MR) is 466 cm³/mol. The first-order valence-electron chi connectivity index (χ1n) is 44.6. The van der Waals surface area contributed by atoms with Crippen LogP contribution < -0.4 is 18.3 Å². The second kappa shape index (κ2) is 34.3. The van der Waals surface area contributed by atoms with Crippen molar-refractivity contribution in [3.05, 3.63) is 331 Å². The summed E-state index contributed by atoms with van der Waals surface area (Å²) in [7, 11) is 0. The van der Waals surface area contributed by atoms with Crippen molar-refractivity contribution in [2.45, 2.75) is 135 Å². The summed E-state index contributed by atoms with van der Waals surface area (Å²) in [4.78, 5) is 0. The van der Waals surface area contributed by atoms with Crippen molar-refractivity contribution >= 4 is 87.5 Å². The minimum Gasteiger partial charge on any atom is -0.407 e. The van der Waals surface area contributed by atoms with Gasteiger partial charge in [-0.25, -0.2) is 29.3 Å². The van der Waals surface area contributed by atoms with Gasteiger partial charge in [-0.3, -0.25) is 38.5 Å². The van der Waals surface area contributed by atoms with Crippen molar-refractivity contribution in [1.82, 2.24) is 18.3 Å². The fraction of sp³-hybridized carbons (Fsp3) is 0.284. The summed E-state index contributed by atoms with van der Waals surface area (Å²) in [5.74, 6) is 10.3. The van der Waals surface area contributed by atoms with E-state index in [4.69, 9.17) is 0 Å². The zero-order valence-corrected chi connectivity index (χ0v) is 89.8. The molecule has 4 radical (unpaired) electrons. The van der Waals surface area contributed by atoms with Gasteiger partial charge in [0.1, 0.15) is 33.4 Å². The summed E-state index contributed by atoms with van der Waals surface area (Å²) >= 11 is 0. The van der Waals surface area contributed by atoms with Crippen molar-refractivity contribution in [3.8, 4) is 39.6 Å². The molecule has 9 aliphatic carbocycles. The number of para-hydroxylation sites is 4. The Morgan fingerprint density at radius 2 is 0.862 bits per heavy atom. The van der Waals surface area contributed by atoms with Crippen LogP contribution in [0.1, 0.15) is 150 Å². The first kappa shape index (κ1) is 85.9. The van der Waals surface area contributed by atoms with E-state index in [1.54, 1.807) is 11.6 Å². The molecule has 9 aromatic carbocycles. The number of nitrogens with zero attached hydrogens (tertiary/aromatic N) is 8. The Morgan fingerprint density at radius 3 is 1.50 bits per heavy atom. The molecule has 12 heterocycles. The number of aromatic nitrogens is 8. The van der Waals surface area contributed by atoms with Crippen LogP contribution in [0.3, 0.4) is 0 Å². The molecule has 30 rings (SSSR count). The summed E-state index contributed by atoms with van der Waals surface area (Å²) in [6, 6.07) is 102. The Hall–Kier alpha value is -5.22. The summed E-state index contributed by atoms with van der Waals surface area (Å²) in [5.41, 5.74) is 25.9. The molecule has 8 nitrogen and oxygen atoms in total. The van der Waals surface area contributed by atoms with E-state index in [9.17, 15) is 0 Å². The van der Waals surface area contributed by atoms with Gasteiger partial charge < -0.3 is 9.13 Å². The Bertz CT molecular complexity index is 7010. The smallest absolute Gasteiger partial charge is 0.407 e. The number of hydrogen-bond donors (Lipinski definition) is 0. The third-order valence-electron chi connectivity index (χ3n) is 31.0. The number of pyridine rings is 4. The number of benzene rings is 9. The first-order chi connectivity index (χ1) is 58.1. The van der Waals surface area contributed by atoms with E-state index < -0.39 is 0 Å². The van der Waals surface area contributed by atoms with Crippen LogP contribution in [-0.2, 0) is 150 Å². The van der Waals surface area contributed by atoms with Crippen LogP contribution in [0, 0.1) is 170 Å². The molecule has 13 aliphatic rings. The van der Waals surface area contributed by atoms with Gasteiger partial charge in [-0.15, -0.1) is 29.8 Å². The maximum absolute atomic E-state index is 3.82. The van der Waals surface area contributed by atoms with Crippen LogP contribution in [0.4, 0.5) is 0 Å². The van der Waals surface area contributed by atoms with Crippen molar-refractivity contribution in [2.75, 3.05) is 0 Å². The molecule has 11 unspecified atom stereocenters. The van der Waals surface area contributed by atoms with Crippen LogP contribution in [0.5, 0.6) is 0 Å². The Labute approximate surface area is 870 Å². The number of rotatable bonds is 2. The Morgan fingerprint density at radius 1 is 0.358 bits per heavy atom. The molecule has 17 aromatic rings. The van der Waals surface area contributed by atoms with Crippen LogP contribution >= 0.6 is 0 Å². The maximum atomic E-state index is 3.82. The molecule has 0 N–H and O–H groups in total. The number of fused-ring (bicyclic) bond motifs is 30. The standard InChI is InChI=1S/2C30H22N2.C24H20N2.C23H24N2.C2H6.2U.4Y/c1-2-8-19(9-3-1)21-15-16-27-28-25(21)18-20-10-6-12-22(20)29(28)31-17-7-13-24-23-11-4-5-14-26(23)32(27)30(24)31;1-2-7-19(8-3-1)22-14-16-27-31(18-22)29-23-11-6-9-20(23)17-21-13-15-25-24-10-4-5-12-26(24)32(27)30(25)28(21)29;1-2-9-20-18(7-1)19-12-11-16-14-15-6-5-8-17(15)23-22(16)24(19)26(20)21-10-3-4-13-25(21)23;1-2-9-19-17(6-1)18-8-4-12-24-22-16-7-3-5-14(16)13-15-10-11-20(21(15)22)25(19)23(18)24;1-2;;;;;;/h1-5,7-8,11,13-14,16-17,20,22H,6,10,12,18H2;1-5,7,10,12-16,20,23H,6,9,11,17H2;1-4,7,9-13,15,17H,5-6,8,14H2;1-2,4,6,8-9,12,14-16,20-21H,3,5,7,10-11,13H2;1-2H3;;;;;;/q2*-2;;;;2*+2;;;;. The molecule has 0 spiro atoms. The van der Waals surface area contributed by atoms with Gasteiger partial charge in [0.05, 0.1) is 17.2 Å². The summed E-state index contributed by atoms with van der Waals surface area (Å²) in [6.07, 6.45) is 35.1. The van der Waals surface area contributed by atoms with Crippen molar-refractivity contribution in [1.29, 1.82) is 0 Å². The molecule has 6 fully saturated rings. The molecule has 123 heavy (non-hydrogen) atoms. The zero-order valence-electron chi connectivity index (χ0n) is 70.1. The summed E-state index contributed by atoms with van der Waals surface area (Å²) < 4.78 is 20.3. The van der Waals surface area contributed by atoms with Crippen molar-refractivity contribution in [2.24, 2.45) is 59.2 Å². The van der Waals surface area contributed by atoms with Gasteiger partial charge in [-0.05, 0) is 180 Å². The molecule has 0 amide bonds. The van der Waals surface area contributed by atoms with E-state index in [0.717, 1.165) is 64.5 Å². The van der Waals surface area contributed by atoms with Gasteiger partial charge in [-0.2, -0.15) is 42.5 Å². The SMILES string of the molecule is CC.[U+2].[U+2].[Y].[Y].[Y].[Y].[c-]1ccccc1-c1[c-][n+]2c(cc1)-n1c3ccccc3c3ccc4c(c31)[C-]2C1CCCC1C4.[c-]1ccccc1-c1[c-]cc2c3c1CC1CCCC1[C-]3[n+]1cccc3c4ccccc4n-2c31.c1cc[n+]2c(c1)-n1c3ccccc3c3ccc4c(c31)[C-]2C1CCCC1C4.c1ccc2c(c1)c1ccc[n+]3c1n2C1CCC2CC4CCCC4[C-]3C21. The predicted octanol–water partition coefficient (Wildman–Crippen LogP) is 22.8. The quantitative estimate of drug-likeness (QED) is 0.122. The maximum Gasteiger partial charge on any atom is 2.00 e. The second-order valence-corrected chi connectivity index (χ2v) is 36.2. The van der Waals surface area contributed by atoms with E-state index >= 15 is 0 Å². The molecular weight excluding hydrogens is 2250 g/mol. The van der Waals surface area contributed by atoms with Crippen LogP contribution in [0.25, 0.3) is 127 Å². The van der Waals surface area contributed by atoms with Crippen LogP contribution in [0.2, 0.25) is 0 Å². The molecule has 0 saturated heterocycles. The molecular formula is C109H94N8U2Y4. The monoisotopic (exact) mass is 2350 g/mol. The third kappa shape index (κ3) is 12.8. The molecule has 8 aromatic heterocycles. The van der Waals surface area contributed by atoms with Crippen molar-refractivity contribution in [3.63, 3.8) is 0 Å². The van der Waals surface area contributed by atoms with E-state index in [2.05, 4.69) is 286 Å². The zero-order chi connectivity index (χ0) is 76.6. The number of hydrogen-bond acceptors (Lipinski definition) is 0. The molecule has 4 aliphatic heterocycles. The third-order valence-corrected chi connectivity index (χ3v) is 31.0.